The molecular weight excluding hydrogens is 212 g/mol. The van der Waals surface area contributed by atoms with Crippen LogP contribution in [0.4, 0.5) is 8.78 Å². The lowest BCUT2D eigenvalue weighted by Gasteiger charge is -2.46. The van der Waals surface area contributed by atoms with Crippen molar-refractivity contribution < 1.29 is 13.5 Å². The Bertz CT molecular complexity index is 233. The number of rotatable bonds is 2. The minimum atomic E-state index is -2.48. The molecule has 2 fully saturated rings. The predicted octanol–water partition coefficient (Wildman–Crippen LogP) is 3.07. The van der Waals surface area contributed by atoms with Crippen LogP contribution in [-0.2, 0) is 4.74 Å². The van der Waals surface area contributed by atoms with Gasteiger partial charge in [-0.25, -0.2) is 8.78 Å². The van der Waals surface area contributed by atoms with Crippen molar-refractivity contribution in [3.05, 3.63) is 0 Å². The average molecular weight is 233 g/mol. The Labute approximate surface area is 95.7 Å². The summed E-state index contributed by atoms with van der Waals surface area (Å²) in [5.41, 5.74) is -0.445. The fraction of sp³-hybridized carbons (Fsp3) is 1.00. The Morgan fingerprint density at radius 3 is 2.56 bits per heavy atom. The van der Waals surface area contributed by atoms with Gasteiger partial charge >= 0.3 is 0 Å². The van der Waals surface area contributed by atoms with Gasteiger partial charge in [-0.3, -0.25) is 5.32 Å². The van der Waals surface area contributed by atoms with Crippen LogP contribution >= 0.6 is 0 Å². The second-order valence-corrected chi connectivity index (χ2v) is 5.12. The summed E-state index contributed by atoms with van der Waals surface area (Å²) in [6.45, 7) is 2.86. The smallest absolute Gasteiger partial charge is 0.248 e. The number of hydrogen-bond acceptors (Lipinski definition) is 2. The lowest BCUT2D eigenvalue weighted by Crippen LogP contribution is -2.59. The number of ether oxygens (including phenoxy) is 1. The van der Waals surface area contributed by atoms with E-state index in [2.05, 4.69) is 12.2 Å². The Hall–Kier alpha value is -0.220. The van der Waals surface area contributed by atoms with Crippen molar-refractivity contribution in [3.63, 3.8) is 0 Å². The number of nitrogens with one attached hydrogen (secondary N) is 1. The third-order valence-electron chi connectivity index (χ3n) is 3.74. The summed E-state index contributed by atoms with van der Waals surface area (Å²) in [6, 6.07) is 0.450. The molecule has 1 spiro atoms. The molecule has 1 N–H and O–H groups in total. The zero-order valence-corrected chi connectivity index (χ0v) is 9.90. The van der Waals surface area contributed by atoms with Crippen LogP contribution in [-0.4, -0.2) is 24.3 Å². The predicted molar refractivity (Wildman–Crippen MR) is 58.5 cm³/mol. The molecular formula is C12H21F2NO. The Balaban J connectivity index is 1.93. The molecule has 94 valence electrons. The van der Waals surface area contributed by atoms with E-state index in [9.17, 15) is 8.78 Å². The molecule has 0 aromatic rings. The first-order valence-electron chi connectivity index (χ1n) is 6.35. The van der Waals surface area contributed by atoms with Gasteiger partial charge in [-0.2, -0.15) is 0 Å². The van der Waals surface area contributed by atoms with Gasteiger partial charge in [0.2, 0.25) is 5.92 Å². The maximum absolute atomic E-state index is 13.1. The molecule has 1 atom stereocenters. The van der Waals surface area contributed by atoms with E-state index in [1.807, 2.05) is 0 Å². The summed E-state index contributed by atoms with van der Waals surface area (Å²) in [4.78, 5) is 0. The van der Waals surface area contributed by atoms with E-state index in [0.29, 0.717) is 25.5 Å². The lowest BCUT2D eigenvalue weighted by molar-refractivity contribution is -0.170. The third-order valence-corrected chi connectivity index (χ3v) is 3.74. The zero-order chi connectivity index (χ0) is 11.6. The highest BCUT2D eigenvalue weighted by Crippen LogP contribution is 2.40. The molecule has 1 aliphatic heterocycles. The summed E-state index contributed by atoms with van der Waals surface area (Å²) in [5, 5.41) is 3.45. The summed E-state index contributed by atoms with van der Waals surface area (Å²) in [5.74, 6) is -2.48. The maximum atomic E-state index is 13.1. The molecule has 16 heavy (non-hydrogen) atoms. The summed E-state index contributed by atoms with van der Waals surface area (Å²) in [6.07, 6.45) is 4.05. The van der Waals surface area contributed by atoms with Gasteiger partial charge < -0.3 is 4.74 Å². The highest BCUT2D eigenvalue weighted by molar-refractivity contribution is 4.92. The Kier molecular flexibility index (Phi) is 3.50. The highest BCUT2D eigenvalue weighted by atomic mass is 19.3. The lowest BCUT2D eigenvalue weighted by atomic mass is 9.86. The van der Waals surface area contributed by atoms with Gasteiger partial charge in [0.15, 0.2) is 0 Å². The standard InChI is InChI=1S/C12H21F2NO/c1-2-3-10-4-9-16-12(15-10)7-5-11(13,14)6-8-12/h10,15H,2-9H2,1H3. The minimum absolute atomic E-state index is 0.0428. The first-order valence-corrected chi connectivity index (χ1v) is 6.35. The van der Waals surface area contributed by atoms with Crippen molar-refractivity contribution in [2.45, 2.75) is 69.6 Å². The second kappa shape index (κ2) is 4.57. The summed E-state index contributed by atoms with van der Waals surface area (Å²) >= 11 is 0. The van der Waals surface area contributed by atoms with Crippen LogP contribution in [0.25, 0.3) is 0 Å². The van der Waals surface area contributed by atoms with Crippen LogP contribution in [0.3, 0.4) is 0 Å². The monoisotopic (exact) mass is 233 g/mol. The van der Waals surface area contributed by atoms with Crippen molar-refractivity contribution in [2.24, 2.45) is 0 Å². The number of halogens is 2. The molecule has 1 unspecified atom stereocenters. The van der Waals surface area contributed by atoms with E-state index in [0.717, 1.165) is 19.3 Å². The molecule has 1 aliphatic carbocycles. The van der Waals surface area contributed by atoms with E-state index >= 15 is 0 Å². The van der Waals surface area contributed by atoms with Gasteiger partial charge in [0.1, 0.15) is 5.72 Å². The van der Waals surface area contributed by atoms with Crippen LogP contribution in [0.2, 0.25) is 0 Å². The Morgan fingerprint density at radius 1 is 1.25 bits per heavy atom. The molecule has 1 saturated heterocycles. The van der Waals surface area contributed by atoms with Crippen LogP contribution in [0.1, 0.15) is 51.9 Å². The second-order valence-electron chi connectivity index (χ2n) is 5.12. The first-order chi connectivity index (χ1) is 7.55. The quantitative estimate of drug-likeness (QED) is 0.791. The van der Waals surface area contributed by atoms with Gasteiger partial charge in [-0.05, 0) is 25.7 Å². The highest BCUT2D eigenvalue weighted by Gasteiger charge is 2.46. The fourth-order valence-corrected chi connectivity index (χ4v) is 2.76. The molecule has 0 amide bonds. The fourth-order valence-electron chi connectivity index (χ4n) is 2.76. The molecule has 0 radical (unpaired) electrons. The van der Waals surface area contributed by atoms with Crippen molar-refractivity contribution in [3.8, 4) is 0 Å². The molecule has 2 aliphatic rings. The van der Waals surface area contributed by atoms with E-state index < -0.39 is 11.6 Å². The average Bonchev–Trinajstić information content (AvgIpc) is 2.25. The molecule has 2 rings (SSSR count). The largest absolute Gasteiger partial charge is 0.361 e. The number of hydrogen-bond donors (Lipinski definition) is 1. The molecule has 1 heterocycles. The van der Waals surface area contributed by atoms with Crippen molar-refractivity contribution in [2.75, 3.05) is 6.61 Å². The van der Waals surface area contributed by atoms with Crippen molar-refractivity contribution >= 4 is 0 Å². The molecule has 2 nitrogen and oxygen atoms in total. The molecule has 1 saturated carbocycles. The minimum Gasteiger partial charge on any atom is -0.361 e. The van der Waals surface area contributed by atoms with Crippen molar-refractivity contribution in [1.29, 1.82) is 0 Å². The van der Waals surface area contributed by atoms with Gasteiger partial charge in [0.25, 0.3) is 0 Å². The molecule has 0 bridgehead atoms. The van der Waals surface area contributed by atoms with Gasteiger partial charge in [-0.1, -0.05) is 13.3 Å². The molecule has 4 heteroatoms. The van der Waals surface area contributed by atoms with Crippen molar-refractivity contribution in [1.82, 2.24) is 5.32 Å². The topological polar surface area (TPSA) is 21.3 Å². The molecule has 0 aromatic carbocycles. The van der Waals surface area contributed by atoms with Gasteiger partial charge in [0, 0.05) is 18.9 Å². The van der Waals surface area contributed by atoms with Crippen LogP contribution in [0, 0.1) is 0 Å². The normalized spacial score (nSPS) is 32.8. The SMILES string of the molecule is CCCC1CCOC2(CCC(F)(F)CC2)N1. The van der Waals surface area contributed by atoms with Crippen LogP contribution in [0.15, 0.2) is 0 Å². The van der Waals surface area contributed by atoms with Gasteiger partial charge in [-0.15, -0.1) is 0 Å². The van der Waals surface area contributed by atoms with Crippen LogP contribution < -0.4 is 5.32 Å². The number of alkyl halides is 2. The van der Waals surface area contributed by atoms with E-state index in [4.69, 9.17) is 4.74 Å². The maximum Gasteiger partial charge on any atom is 0.248 e. The summed E-state index contributed by atoms with van der Waals surface area (Å²) in [7, 11) is 0. The zero-order valence-electron chi connectivity index (χ0n) is 9.90. The summed E-state index contributed by atoms with van der Waals surface area (Å²) < 4.78 is 31.9. The van der Waals surface area contributed by atoms with E-state index in [1.165, 1.54) is 0 Å². The first kappa shape index (κ1) is 12.2. The van der Waals surface area contributed by atoms with Crippen LogP contribution in [0.5, 0.6) is 0 Å². The third kappa shape index (κ3) is 2.72. The van der Waals surface area contributed by atoms with E-state index in [-0.39, 0.29) is 12.8 Å². The Morgan fingerprint density at radius 2 is 1.94 bits per heavy atom. The van der Waals surface area contributed by atoms with Gasteiger partial charge in [0.05, 0.1) is 6.61 Å². The molecule has 0 aromatic heterocycles. The van der Waals surface area contributed by atoms with E-state index in [1.54, 1.807) is 0 Å².